The van der Waals surface area contributed by atoms with Crippen LogP contribution in [0.3, 0.4) is 0 Å². The van der Waals surface area contributed by atoms with Gasteiger partial charge in [-0.05, 0) is 0 Å². The highest BCUT2D eigenvalue weighted by Crippen LogP contribution is 2.05. The molecule has 1 rings (SSSR count). The van der Waals surface area contributed by atoms with Gasteiger partial charge in [-0.25, -0.2) is 4.79 Å². The van der Waals surface area contributed by atoms with Crippen molar-refractivity contribution in [1.29, 1.82) is 0 Å². The molecule has 19 heavy (non-hydrogen) atoms. The van der Waals surface area contributed by atoms with E-state index in [1.54, 1.807) is 0 Å². The standard InChI is InChI=1S/C5H9NO3.C5H6O5/c7-3-1-4(5(8)9)6-2-3;6-3(5(9)10)1-2-4(7)8/h3-4,6-7H,1-2H2,(H,8,9);1-2H2,(H,7,8)(H,9,10)/t3-,4+;/m1./s1. The van der Waals surface area contributed by atoms with Crippen molar-refractivity contribution in [1.82, 2.24) is 5.32 Å². The molecule has 0 radical (unpaired) electrons. The molecule has 0 bridgehead atoms. The van der Waals surface area contributed by atoms with Crippen LogP contribution in [0.1, 0.15) is 19.3 Å². The highest BCUT2D eigenvalue weighted by molar-refractivity contribution is 6.32. The Labute approximate surface area is 107 Å². The van der Waals surface area contributed by atoms with Gasteiger partial charge in [0.1, 0.15) is 6.04 Å². The molecule has 0 unspecified atom stereocenters. The predicted octanol–water partition coefficient (Wildman–Crippen LogP) is -1.70. The average molecular weight is 277 g/mol. The monoisotopic (exact) mass is 277 g/mol. The second-order valence-corrected chi connectivity index (χ2v) is 3.81. The molecule has 5 N–H and O–H groups in total. The summed E-state index contributed by atoms with van der Waals surface area (Å²) >= 11 is 0. The molecule has 1 fully saturated rings. The van der Waals surface area contributed by atoms with Crippen molar-refractivity contribution in [3.05, 3.63) is 0 Å². The summed E-state index contributed by atoms with van der Waals surface area (Å²) in [6, 6.07) is -0.542. The van der Waals surface area contributed by atoms with Crippen molar-refractivity contribution in [2.75, 3.05) is 6.54 Å². The summed E-state index contributed by atoms with van der Waals surface area (Å²) in [5.74, 6) is -4.70. The minimum atomic E-state index is -1.58. The van der Waals surface area contributed by atoms with Crippen molar-refractivity contribution >= 4 is 23.7 Å². The summed E-state index contributed by atoms with van der Waals surface area (Å²) in [6.07, 6.45) is -1.02. The summed E-state index contributed by atoms with van der Waals surface area (Å²) in [7, 11) is 0. The third-order valence-corrected chi connectivity index (χ3v) is 2.21. The first-order valence-electron chi connectivity index (χ1n) is 5.36. The number of carbonyl (C=O) groups excluding carboxylic acids is 1. The van der Waals surface area contributed by atoms with Gasteiger partial charge in [0, 0.05) is 19.4 Å². The number of aliphatic carboxylic acids is 3. The Morgan fingerprint density at radius 1 is 1.05 bits per heavy atom. The van der Waals surface area contributed by atoms with E-state index < -0.39 is 48.7 Å². The van der Waals surface area contributed by atoms with Gasteiger partial charge in [-0.15, -0.1) is 0 Å². The smallest absolute Gasteiger partial charge is 0.372 e. The van der Waals surface area contributed by atoms with Gasteiger partial charge in [0.2, 0.25) is 5.78 Å². The predicted molar refractivity (Wildman–Crippen MR) is 59.6 cm³/mol. The zero-order valence-corrected chi connectivity index (χ0v) is 9.90. The van der Waals surface area contributed by atoms with Crippen LogP contribution in [0.25, 0.3) is 0 Å². The maximum atomic E-state index is 10.2. The van der Waals surface area contributed by atoms with Crippen LogP contribution < -0.4 is 5.32 Å². The minimum absolute atomic E-state index is 0.329. The number of hydrogen-bond donors (Lipinski definition) is 5. The maximum absolute atomic E-state index is 10.2. The van der Waals surface area contributed by atoms with Gasteiger partial charge in [-0.1, -0.05) is 0 Å². The number of Topliss-reactive ketones (excluding diaryl/α,β-unsaturated/α-hetero) is 1. The van der Waals surface area contributed by atoms with Crippen LogP contribution in [-0.2, 0) is 19.2 Å². The first-order valence-corrected chi connectivity index (χ1v) is 5.36. The molecule has 0 aromatic rings. The fraction of sp³-hybridized carbons (Fsp3) is 0.600. The Morgan fingerprint density at radius 3 is 1.89 bits per heavy atom. The molecule has 0 saturated carbocycles. The molecule has 0 aromatic carbocycles. The fourth-order valence-corrected chi connectivity index (χ4v) is 1.23. The van der Waals surface area contributed by atoms with Gasteiger partial charge < -0.3 is 25.7 Å². The van der Waals surface area contributed by atoms with E-state index in [4.69, 9.17) is 20.4 Å². The van der Waals surface area contributed by atoms with E-state index in [0.717, 1.165) is 0 Å². The lowest BCUT2D eigenvalue weighted by molar-refractivity contribution is -0.149. The van der Waals surface area contributed by atoms with E-state index in [-0.39, 0.29) is 0 Å². The van der Waals surface area contributed by atoms with Gasteiger partial charge in [0.05, 0.1) is 12.5 Å². The zero-order chi connectivity index (χ0) is 15.0. The fourth-order valence-electron chi connectivity index (χ4n) is 1.23. The summed E-state index contributed by atoms with van der Waals surface area (Å²) in [5, 5.41) is 35.8. The van der Waals surface area contributed by atoms with Crippen LogP contribution >= 0.6 is 0 Å². The number of hydrogen-bond acceptors (Lipinski definition) is 6. The number of rotatable bonds is 5. The summed E-state index contributed by atoms with van der Waals surface area (Å²) in [6.45, 7) is 0.400. The van der Waals surface area contributed by atoms with Crippen LogP contribution in [0, 0.1) is 0 Å². The van der Waals surface area contributed by atoms with Gasteiger partial charge in [0.25, 0.3) is 0 Å². The second-order valence-electron chi connectivity index (χ2n) is 3.81. The molecule has 9 nitrogen and oxygen atoms in total. The van der Waals surface area contributed by atoms with E-state index in [1.807, 2.05) is 0 Å². The minimum Gasteiger partial charge on any atom is -0.481 e. The molecule has 0 aliphatic carbocycles. The van der Waals surface area contributed by atoms with E-state index >= 15 is 0 Å². The largest absolute Gasteiger partial charge is 0.481 e. The van der Waals surface area contributed by atoms with Crippen LogP contribution in [0.15, 0.2) is 0 Å². The lowest BCUT2D eigenvalue weighted by atomic mass is 10.2. The molecule has 108 valence electrons. The van der Waals surface area contributed by atoms with E-state index in [9.17, 15) is 19.2 Å². The van der Waals surface area contributed by atoms with E-state index in [2.05, 4.69) is 5.32 Å². The van der Waals surface area contributed by atoms with Crippen molar-refractivity contribution in [2.24, 2.45) is 0 Å². The molecular formula is C10H15NO8. The lowest BCUT2D eigenvalue weighted by Crippen LogP contribution is -2.29. The molecule has 0 aromatic heterocycles. The maximum Gasteiger partial charge on any atom is 0.372 e. The molecular weight excluding hydrogens is 262 g/mol. The Morgan fingerprint density at radius 2 is 1.63 bits per heavy atom. The molecule has 1 heterocycles. The summed E-state index contributed by atoms with van der Waals surface area (Å²) < 4.78 is 0. The molecule has 2 atom stereocenters. The van der Waals surface area contributed by atoms with Crippen molar-refractivity contribution in [3.8, 4) is 0 Å². The molecule has 9 heteroatoms. The Hall–Kier alpha value is -2.00. The van der Waals surface area contributed by atoms with E-state index in [1.165, 1.54) is 0 Å². The third kappa shape index (κ3) is 7.84. The second kappa shape index (κ2) is 8.16. The topological polar surface area (TPSA) is 161 Å². The number of aliphatic hydroxyl groups is 1. The number of carboxylic acids is 3. The molecule has 1 aliphatic rings. The van der Waals surface area contributed by atoms with Crippen molar-refractivity contribution < 1.29 is 39.6 Å². The van der Waals surface area contributed by atoms with Crippen LogP contribution in [0.5, 0.6) is 0 Å². The number of ketones is 1. The normalized spacial score (nSPS) is 21.1. The van der Waals surface area contributed by atoms with Gasteiger partial charge in [-0.2, -0.15) is 0 Å². The highest BCUT2D eigenvalue weighted by atomic mass is 16.4. The number of β-amino-alcohol motifs (C(OH)–C–C–N with tert-alkyl or cyclic N) is 1. The lowest BCUT2D eigenvalue weighted by Gasteiger charge is -1.99. The summed E-state index contributed by atoms with van der Waals surface area (Å²) in [5.41, 5.74) is 0. The molecule has 1 saturated heterocycles. The first-order chi connectivity index (χ1) is 8.73. The van der Waals surface area contributed by atoms with Crippen molar-refractivity contribution in [2.45, 2.75) is 31.4 Å². The Bertz CT molecular complexity index is 367. The SMILES string of the molecule is O=C(O)CCC(=O)C(=O)O.O=C(O)[C@@H]1C[C@@H](O)CN1. The van der Waals surface area contributed by atoms with Gasteiger partial charge >= 0.3 is 17.9 Å². The van der Waals surface area contributed by atoms with Crippen molar-refractivity contribution in [3.63, 3.8) is 0 Å². The summed E-state index contributed by atoms with van der Waals surface area (Å²) in [4.78, 5) is 39.9. The molecule has 1 aliphatic heterocycles. The van der Waals surface area contributed by atoms with E-state index in [0.29, 0.717) is 13.0 Å². The first kappa shape index (κ1) is 17.0. The van der Waals surface area contributed by atoms with Crippen LogP contribution in [0.4, 0.5) is 0 Å². The number of aliphatic hydroxyl groups excluding tert-OH is 1. The van der Waals surface area contributed by atoms with Gasteiger partial charge in [-0.3, -0.25) is 14.4 Å². The molecule has 0 amide bonds. The number of carbonyl (C=O) groups is 4. The number of nitrogens with one attached hydrogen (secondary N) is 1. The highest BCUT2D eigenvalue weighted by Gasteiger charge is 2.27. The Kier molecular flexibility index (Phi) is 7.30. The van der Waals surface area contributed by atoms with Gasteiger partial charge in [0.15, 0.2) is 0 Å². The number of carboxylic acid groups (broad SMARTS) is 3. The quantitative estimate of drug-likeness (QED) is 0.369. The van der Waals surface area contributed by atoms with Crippen LogP contribution in [0.2, 0.25) is 0 Å². The average Bonchev–Trinajstić information content (AvgIpc) is 2.73. The molecule has 0 spiro atoms. The zero-order valence-electron chi connectivity index (χ0n) is 9.90. The third-order valence-electron chi connectivity index (χ3n) is 2.21. The van der Waals surface area contributed by atoms with Crippen LogP contribution in [-0.4, -0.2) is 62.8 Å². The Balaban J connectivity index is 0.000000342.